The van der Waals surface area contributed by atoms with Crippen molar-refractivity contribution in [3.63, 3.8) is 0 Å². The molecule has 1 aromatic carbocycles. The van der Waals surface area contributed by atoms with Crippen LogP contribution in [0.15, 0.2) is 18.5 Å². The third-order valence-electron chi connectivity index (χ3n) is 3.35. The fraction of sp³-hybridized carbons (Fsp3) is 0.308. The molecule has 0 saturated carbocycles. The molecule has 0 fully saturated rings. The Morgan fingerprint density at radius 1 is 1.29 bits per heavy atom. The van der Waals surface area contributed by atoms with Crippen molar-refractivity contribution >= 4 is 34.2 Å². The maximum absolute atomic E-state index is 13.7. The number of nitrogens with zero attached hydrogens (tertiary/aromatic N) is 5. The van der Waals surface area contributed by atoms with E-state index in [0.717, 1.165) is 5.82 Å². The third-order valence-corrected chi connectivity index (χ3v) is 3.88. The Balaban J connectivity index is 2.00. The number of rotatable bonds is 4. The monoisotopic (exact) mass is 327 g/mol. The average molecular weight is 328 g/mol. The minimum atomic E-state index is -0.468. The zero-order valence-electron chi connectivity index (χ0n) is 11.2. The predicted octanol–water partition coefficient (Wildman–Crippen LogP) is 2.94. The van der Waals surface area contributed by atoms with Crippen molar-refractivity contribution in [3.05, 3.63) is 40.9 Å². The molecule has 0 spiro atoms. The van der Waals surface area contributed by atoms with Gasteiger partial charge in [0.1, 0.15) is 23.8 Å². The van der Waals surface area contributed by atoms with E-state index in [1.54, 1.807) is 6.33 Å². The van der Waals surface area contributed by atoms with Crippen LogP contribution in [-0.4, -0.2) is 24.3 Å². The van der Waals surface area contributed by atoms with Crippen molar-refractivity contribution in [2.24, 2.45) is 7.05 Å². The van der Waals surface area contributed by atoms with E-state index >= 15 is 0 Å². The highest BCUT2D eigenvalue weighted by molar-refractivity contribution is 6.31. The summed E-state index contributed by atoms with van der Waals surface area (Å²) in [5.74, 6) is 1.29. The lowest BCUT2D eigenvalue weighted by Crippen LogP contribution is -2.08. The highest BCUT2D eigenvalue weighted by atomic mass is 35.5. The van der Waals surface area contributed by atoms with Gasteiger partial charge in [-0.15, -0.1) is 21.8 Å². The quantitative estimate of drug-likeness (QED) is 0.692. The highest BCUT2D eigenvalue weighted by Crippen LogP contribution is 2.24. The van der Waals surface area contributed by atoms with Crippen molar-refractivity contribution < 1.29 is 4.39 Å². The van der Waals surface area contributed by atoms with Gasteiger partial charge in [-0.05, 0) is 6.07 Å². The molecule has 0 bridgehead atoms. The third kappa shape index (κ3) is 2.61. The minimum absolute atomic E-state index is 0.0570. The van der Waals surface area contributed by atoms with Crippen molar-refractivity contribution in [3.8, 4) is 0 Å². The zero-order valence-corrected chi connectivity index (χ0v) is 12.7. The minimum Gasteiger partial charge on any atom is -0.326 e. The number of hydrogen-bond acceptors (Lipinski definition) is 3. The van der Waals surface area contributed by atoms with E-state index in [1.807, 2.05) is 16.2 Å². The molecule has 0 N–H and O–H groups in total. The van der Waals surface area contributed by atoms with E-state index in [0.29, 0.717) is 29.8 Å². The summed E-state index contributed by atoms with van der Waals surface area (Å²) in [4.78, 5) is 4.39. The van der Waals surface area contributed by atoms with Gasteiger partial charge in [0.2, 0.25) is 0 Å². The topological polar surface area (TPSA) is 48.5 Å². The van der Waals surface area contributed by atoms with Crippen LogP contribution in [0.2, 0.25) is 5.02 Å². The Hall–Kier alpha value is -1.66. The molecule has 3 aromatic rings. The molecule has 8 heteroatoms. The van der Waals surface area contributed by atoms with E-state index in [4.69, 9.17) is 23.2 Å². The van der Waals surface area contributed by atoms with Crippen LogP contribution >= 0.6 is 23.2 Å². The van der Waals surface area contributed by atoms with Crippen LogP contribution in [0, 0.1) is 5.82 Å². The fourth-order valence-electron chi connectivity index (χ4n) is 2.27. The zero-order chi connectivity index (χ0) is 15.0. The second-order valence-electron chi connectivity index (χ2n) is 4.68. The molecule has 21 heavy (non-hydrogen) atoms. The van der Waals surface area contributed by atoms with Gasteiger partial charge < -0.3 is 9.13 Å². The molecular formula is C13H12Cl2FN5. The Morgan fingerprint density at radius 2 is 2.10 bits per heavy atom. The summed E-state index contributed by atoms with van der Waals surface area (Å²) in [6.07, 6.45) is 2.29. The molecule has 0 aliphatic carbocycles. The predicted molar refractivity (Wildman–Crippen MR) is 79.0 cm³/mol. The van der Waals surface area contributed by atoms with Gasteiger partial charge in [0.15, 0.2) is 0 Å². The lowest BCUT2D eigenvalue weighted by atomic mass is 10.3. The van der Waals surface area contributed by atoms with Crippen LogP contribution < -0.4 is 0 Å². The molecule has 0 radical (unpaired) electrons. The van der Waals surface area contributed by atoms with E-state index in [2.05, 4.69) is 15.2 Å². The lowest BCUT2D eigenvalue weighted by Gasteiger charge is -2.07. The summed E-state index contributed by atoms with van der Waals surface area (Å²) in [6, 6.07) is 2.90. The number of aryl methyl sites for hydroxylation is 3. The Bertz CT molecular complexity index is 795. The molecule has 0 saturated heterocycles. The maximum atomic E-state index is 13.7. The van der Waals surface area contributed by atoms with Crippen LogP contribution in [0.4, 0.5) is 4.39 Å². The summed E-state index contributed by atoms with van der Waals surface area (Å²) in [7, 11) is 1.88. The van der Waals surface area contributed by atoms with Gasteiger partial charge >= 0.3 is 0 Å². The molecule has 0 unspecified atom stereocenters. The van der Waals surface area contributed by atoms with Gasteiger partial charge in [-0.25, -0.2) is 9.37 Å². The molecule has 0 atom stereocenters. The average Bonchev–Trinajstić information content (AvgIpc) is 3.01. The van der Waals surface area contributed by atoms with Crippen molar-refractivity contribution in [1.82, 2.24) is 24.3 Å². The summed E-state index contributed by atoms with van der Waals surface area (Å²) in [5.41, 5.74) is 1.31. The van der Waals surface area contributed by atoms with Crippen LogP contribution in [0.1, 0.15) is 11.6 Å². The first-order valence-corrected chi connectivity index (χ1v) is 7.24. The summed E-state index contributed by atoms with van der Waals surface area (Å²) >= 11 is 11.7. The van der Waals surface area contributed by atoms with Gasteiger partial charge in [-0.3, -0.25) is 0 Å². The first-order chi connectivity index (χ1) is 10.1. The first-order valence-electron chi connectivity index (χ1n) is 6.33. The standard InChI is InChI=1S/C13H12Cl2FN5/c1-20-7-17-19-12(20)2-3-21-11-5-9(16)8(15)4-10(11)18-13(21)6-14/h4-5,7H,2-3,6H2,1H3. The van der Waals surface area contributed by atoms with Gasteiger partial charge in [-0.1, -0.05) is 11.6 Å². The second-order valence-corrected chi connectivity index (χ2v) is 5.35. The van der Waals surface area contributed by atoms with Crippen LogP contribution in [0.5, 0.6) is 0 Å². The Morgan fingerprint density at radius 3 is 2.76 bits per heavy atom. The molecule has 2 aromatic heterocycles. The highest BCUT2D eigenvalue weighted by Gasteiger charge is 2.14. The number of halogens is 3. The van der Waals surface area contributed by atoms with E-state index in [-0.39, 0.29) is 10.9 Å². The van der Waals surface area contributed by atoms with E-state index < -0.39 is 5.82 Å². The fourth-order valence-corrected chi connectivity index (χ4v) is 2.63. The van der Waals surface area contributed by atoms with E-state index in [9.17, 15) is 4.39 Å². The van der Waals surface area contributed by atoms with Crippen LogP contribution in [0.25, 0.3) is 11.0 Å². The van der Waals surface area contributed by atoms with Crippen molar-refractivity contribution in [1.29, 1.82) is 0 Å². The smallest absolute Gasteiger partial charge is 0.144 e. The molecule has 2 heterocycles. The molecule has 3 rings (SSSR count). The first kappa shape index (κ1) is 14.3. The molecule has 5 nitrogen and oxygen atoms in total. The van der Waals surface area contributed by atoms with Crippen molar-refractivity contribution in [2.45, 2.75) is 18.8 Å². The van der Waals surface area contributed by atoms with Gasteiger partial charge in [-0.2, -0.15) is 0 Å². The van der Waals surface area contributed by atoms with Gasteiger partial charge in [0, 0.05) is 26.1 Å². The Labute approximate surface area is 130 Å². The normalized spacial score (nSPS) is 11.4. The van der Waals surface area contributed by atoms with Crippen molar-refractivity contribution in [2.75, 3.05) is 0 Å². The van der Waals surface area contributed by atoms with Crippen LogP contribution in [-0.2, 0) is 25.9 Å². The summed E-state index contributed by atoms with van der Waals surface area (Å²) in [5, 5.41) is 7.93. The summed E-state index contributed by atoms with van der Waals surface area (Å²) in [6.45, 7) is 0.589. The SMILES string of the molecule is Cn1cnnc1CCn1c(CCl)nc2cc(Cl)c(F)cc21. The Kier molecular flexibility index (Phi) is 3.82. The lowest BCUT2D eigenvalue weighted by molar-refractivity contribution is 0.623. The van der Waals surface area contributed by atoms with Gasteiger partial charge in [0.25, 0.3) is 0 Å². The number of alkyl halides is 1. The molecular weight excluding hydrogens is 316 g/mol. The molecule has 0 aliphatic heterocycles. The number of aromatic nitrogens is 5. The number of hydrogen-bond donors (Lipinski definition) is 0. The molecule has 0 aliphatic rings. The number of fused-ring (bicyclic) bond motifs is 1. The number of imidazole rings is 1. The number of benzene rings is 1. The largest absolute Gasteiger partial charge is 0.326 e. The van der Waals surface area contributed by atoms with Crippen LogP contribution in [0.3, 0.4) is 0 Å². The second kappa shape index (κ2) is 5.61. The summed E-state index contributed by atoms with van der Waals surface area (Å²) < 4.78 is 17.4. The molecule has 110 valence electrons. The van der Waals surface area contributed by atoms with E-state index in [1.165, 1.54) is 12.1 Å². The van der Waals surface area contributed by atoms with Gasteiger partial charge in [0.05, 0.1) is 21.9 Å². The molecule has 0 amide bonds. The maximum Gasteiger partial charge on any atom is 0.144 e.